The third-order valence-corrected chi connectivity index (χ3v) is 11.2. The van der Waals surface area contributed by atoms with Crippen molar-refractivity contribution < 1.29 is 18.7 Å². The molecule has 3 atom stereocenters. The average Bonchev–Trinajstić information content (AvgIpc) is 3.74. The van der Waals surface area contributed by atoms with E-state index in [1.807, 2.05) is 36.0 Å². The number of nitrogens with zero attached hydrogens (tertiary/aromatic N) is 4. The minimum atomic E-state index is -1.33. The second kappa shape index (κ2) is 15.3. The number of benzene rings is 2. The maximum Gasteiger partial charge on any atom is 0.236 e. The lowest BCUT2D eigenvalue weighted by atomic mass is 9.94. The van der Waals surface area contributed by atoms with Gasteiger partial charge in [0.05, 0.1) is 17.3 Å². The molecule has 2 aromatic heterocycles. The lowest BCUT2D eigenvalue weighted by Crippen LogP contribution is -2.48. The molecule has 1 saturated carbocycles. The van der Waals surface area contributed by atoms with Crippen molar-refractivity contribution in [1.29, 1.82) is 0 Å². The van der Waals surface area contributed by atoms with Gasteiger partial charge in [-0.15, -0.1) is 0 Å². The molecular formula is C40H51FN8O3. The summed E-state index contributed by atoms with van der Waals surface area (Å²) in [4.78, 5) is 34.4. The molecule has 11 nitrogen and oxygen atoms in total. The van der Waals surface area contributed by atoms with Crippen molar-refractivity contribution >= 4 is 28.5 Å². The van der Waals surface area contributed by atoms with E-state index in [1.165, 1.54) is 6.07 Å². The van der Waals surface area contributed by atoms with E-state index < -0.39 is 17.2 Å². The summed E-state index contributed by atoms with van der Waals surface area (Å²) in [5.74, 6) is -1.63. The molecule has 12 heteroatoms. The molecule has 1 aliphatic carbocycles. The molecule has 2 unspecified atom stereocenters. The molecule has 3 aliphatic rings. The number of ether oxygens (including phenoxy) is 1. The minimum Gasteiger partial charge on any atom is -0.381 e. The number of primary amides is 1. The highest BCUT2D eigenvalue weighted by Gasteiger charge is 2.64. The molecule has 2 aromatic carbocycles. The van der Waals surface area contributed by atoms with Crippen LogP contribution >= 0.6 is 0 Å². The number of aromatic nitrogens is 3. The molecule has 0 radical (unpaired) electrons. The molecule has 2 amide bonds. The molecular weight excluding hydrogens is 659 g/mol. The first-order valence-corrected chi connectivity index (χ1v) is 18.8. The molecule has 4 heterocycles. The Bertz CT molecular complexity index is 1940. The van der Waals surface area contributed by atoms with E-state index in [0.717, 1.165) is 83.7 Å². The predicted molar refractivity (Wildman–Crippen MR) is 200 cm³/mol. The van der Waals surface area contributed by atoms with Gasteiger partial charge in [-0.3, -0.25) is 14.5 Å². The molecule has 7 rings (SSSR count). The number of hydrogen-bond donors (Lipinski definition) is 4. The van der Waals surface area contributed by atoms with E-state index in [1.54, 1.807) is 12.1 Å². The molecule has 2 aliphatic heterocycles. The van der Waals surface area contributed by atoms with E-state index in [4.69, 9.17) is 15.5 Å². The Kier molecular flexibility index (Phi) is 10.6. The lowest BCUT2D eigenvalue weighted by Gasteiger charge is -2.31. The van der Waals surface area contributed by atoms with Crippen LogP contribution in [0.25, 0.3) is 22.2 Å². The highest BCUT2D eigenvalue weighted by Crippen LogP contribution is 2.55. The number of aryl methyl sites for hydroxylation is 2. The van der Waals surface area contributed by atoms with Gasteiger partial charge in [-0.05, 0) is 92.3 Å². The standard InChI is InChI=1S/C40H51FN8O3/c1-4-35-32(36(46-30-11-15-52-16-12-30)33-22-45-49(5-2)37(33)47-35)19-29-20-40(29,38(42)50)39(51)44-21-26-9-10-34(41)31(18-26)28-8-6-7-27(17-28)24-48-14-13-43-25(3)23-48/h6-10,17-18,22,25,29-30,43H,4-5,11-16,19-21,23-24H2,1-3H3,(H2,42,50)(H,44,51)(H,46,47)/t25-,29?,40?/m0/s1. The maximum absolute atomic E-state index is 15.2. The maximum atomic E-state index is 15.2. The molecule has 3 fully saturated rings. The third-order valence-electron chi connectivity index (χ3n) is 11.2. The summed E-state index contributed by atoms with van der Waals surface area (Å²) in [6.45, 7) is 12.2. The van der Waals surface area contributed by atoms with Crippen molar-refractivity contribution in [3.63, 3.8) is 0 Å². The van der Waals surface area contributed by atoms with Gasteiger partial charge in [0.15, 0.2) is 5.65 Å². The predicted octanol–water partition coefficient (Wildman–Crippen LogP) is 4.55. The number of amides is 2. The van der Waals surface area contributed by atoms with Gasteiger partial charge in [-0.1, -0.05) is 31.2 Å². The summed E-state index contributed by atoms with van der Waals surface area (Å²) in [5.41, 5.74) is 11.5. The summed E-state index contributed by atoms with van der Waals surface area (Å²) in [7, 11) is 0. The van der Waals surface area contributed by atoms with Gasteiger partial charge in [-0.25, -0.2) is 14.1 Å². The summed E-state index contributed by atoms with van der Waals surface area (Å²) in [5, 5.41) is 15.8. The monoisotopic (exact) mass is 710 g/mol. The Labute approximate surface area is 304 Å². The molecule has 5 N–H and O–H groups in total. The third kappa shape index (κ3) is 7.29. The lowest BCUT2D eigenvalue weighted by molar-refractivity contribution is -0.136. The van der Waals surface area contributed by atoms with Gasteiger partial charge < -0.3 is 26.4 Å². The van der Waals surface area contributed by atoms with Crippen LogP contribution in [-0.4, -0.2) is 76.4 Å². The molecule has 0 spiro atoms. The fraction of sp³-hybridized carbons (Fsp3) is 0.500. The van der Waals surface area contributed by atoms with Crippen LogP contribution in [0.2, 0.25) is 0 Å². The van der Waals surface area contributed by atoms with Gasteiger partial charge in [0, 0.05) is 75.8 Å². The summed E-state index contributed by atoms with van der Waals surface area (Å²) < 4.78 is 22.7. The Morgan fingerprint density at radius 1 is 1.13 bits per heavy atom. The van der Waals surface area contributed by atoms with Crippen molar-refractivity contribution in [2.24, 2.45) is 17.1 Å². The molecule has 52 heavy (non-hydrogen) atoms. The first-order valence-electron chi connectivity index (χ1n) is 18.8. The number of carbonyl (C=O) groups excluding carboxylic acids is 2. The van der Waals surface area contributed by atoms with Crippen LogP contribution in [0.4, 0.5) is 10.1 Å². The highest BCUT2D eigenvalue weighted by atomic mass is 19.1. The van der Waals surface area contributed by atoms with Crippen LogP contribution in [0.3, 0.4) is 0 Å². The second-order valence-corrected chi connectivity index (χ2v) is 14.7. The first kappa shape index (κ1) is 36.0. The second-order valence-electron chi connectivity index (χ2n) is 14.7. The summed E-state index contributed by atoms with van der Waals surface area (Å²) >= 11 is 0. The van der Waals surface area contributed by atoms with E-state index >= 15 is 4.39 Å². The summed E-state index contributed by atoms with van der Waals surface area (Å²) in [6.07, 6.45) is 5.16. The van der Waals surface area contributed by atoms with Gasteiger partial charge in [0.2, 0.25) is 11.8 Å². The van der Waals surface area contributed by atoms with Crippen LogP contribution in [0, 0.1) is 17.2 Å². The number of piperazine rings is 1. The van der Waals surface area contributed by atoms with Crippen LogP contribution in [0.1, 0.15) is 62.4 Å². The number of nitrogens with two attached hydrogens (primary N) is 1. The Hall–Kier alpha value is -4.39. The topological polar surface area (TPSA) is 139 Å². The number of fused-ring (bicyclic) bond motifs is 1. The Balaban J connectivity index is 1.08. The van der Waals surface area contributed by atoms with Crippen LogP contribution in [0.15, 0.2) is 48.7 Å². The van der Waals surface area contributed by atoms with E-state index in [0.29, 0.717) is 50.6 Å². The number of hydrogen-bond acceptors (Lipinski definition) is 8. The number of rotatable bonds is 13. The number of halogens is 1. The van der Waals surface area contributed by atoms with Crippen molar-refractivity contribution in [1.82, 2.24) is 30.3 Å². The zero-order chi connectivity index (χ0) is 36.4. The Morgan fingerprint density at radius 2 is 1.96 bits per heavy atom. The fourth-order valence-corrected chi connectivity index (χ4v) is 8.14. The number of nitrogens with one attached hydrogen (secondary N) is 3. The van der Waals surface area contributed by atoms with E-state index in [-0.39, 0.29) is 24.3 Å². The smallest absolute Gasteiger partial charge is 0.236 e. The molecule has 4 aromatic rings. The minimum absolute atomic E-state index is 0.146. The van der Waals surface area contributed by atoms with E-state index in [9.17, 15) is 9.59 Å². The molecule has 276 valence electrons. The SMILES string of the molecule is CCc1nc2c(cnn2CC)c(NC2CCOCC2)c1CC1CC1(C(N)=O)C(=O)NCc1ccc(F)c(-c2cccc(CN3CCN[C@@H](C)C3)c2)c1. The van der Waals surface area contributed by atoms with Crippen LogP contribution < -0.4 is 21.7 Å². The van der Waals surface area contributed by atoms with Crippen molar-refractivity contribution in [2.75, 3.05) is 38.2 Å². The van der Waals surface area contributed by atoms with Crippen molar-refractivity contribution in [2.45, 2.75) is 84.6 Å². The van der Waals surface area contributed by atoms with Gasteiger partial charge in [0.25, 0.3) is 0 Å². The zero-order valence-corrected chi connectivity index (χ0v) is 30.5. The highest BCUT2D eigenvalue weighted by molar-refractivity contribution is 6.08. The first-order chi connectivity index (χ1) is 25.2. The van der Waals surface area contributed by atoms with Crippen LogP contribution in [-0.2, 0) is 46.8 Å². The average molecular weight is 711 g/mol. The molecule has 0 bridgehead atoms. The quantitative estimate of drug-likeness (QED) is 0.148. The van der Waals surface area contributed by atoms with Crippen molar-refractivity contribution in [3.05, 3.63) is 76.9 Å². The van der Waals surface area contributed by atoms with Crippen LogP contribution in [0.5, 0.6) is 0 Å². The fourth-order valence-electron chi connectivity index (χ4n) is 8.14. The Morgan fingerprint density at radius 3 is 2.71 bits per heavy atom. The van der Waals surface area contributed by atoms with Gasteiger partial charge in [-0.2, -0.15) is 5.10 Å². The summed E-state index contributed by atoms with van der Waals surface area (Å²) in [6, 6.07) is 13.6. The number of pyridine rings is 1. The number of carbonyl (C=O) groups is 2. The number of anilines is 1. The zero-order valence-electron chi connectivity index (χ0n) is 30.5. The molecule has 2 saturated heterocycles. The largest absolute Gasteiger partial charge is 0.381 e. The van der Waals surface area contributed by atoms with E-state index in [2.05, 4.69) is 45.9 Å². The van der Waals surface area contributed by atoms with Gasteiger partial charge in [0.1, 0.15) is 11.2 Å². The normalized spacial score (nSPS) is 22.4. The van der Waals surface area contributed by atoms with Gasteiger partial charge >= 0.3 is 0 Å². The van der Waals surface area contributed by atoms with Crippen molar-refractivity contribution in [3.8, 4) is 11.1 Å².